The molecule has 0 saturated heterocycles. The lowest BCUT2D eigenvalue weighted by atomic mass is 9.95. The van der Waals surface area contributed by atoms with Crippen LogP contribution in [-0.4, -0.2) is 12.5 Å². The first kappa shape index (κ1) is 14.5. The van der Waals surface area contributed by atoms with Crippen molar-refractivity contribution in [3.63, 3.8) is 0 Å². The molecule has 0 rings (SSSR count). The van der Waals surface area contributed by atoms with E-state index in [0.29, 0.717) is 0 Å². The monoisotopic (exact) mass is 213 g/mol. The Bertz CT molecular complexity index is 181. The molecular formula is C13H27NO. The molecule has 0 radical (unpaired) electrons. The maximum atomic E-state index is 11.5. The minimum Gasteiger partial charge on any atom is -0.356 e. The highest BCUT2D eigenvalue weighted by molar-refractivity contribution is 5.81. The predicted molar refractivity (Wildman–Crippen MR) is 65.8 cm³/mol. The van der Waals surface area contributed by atoms with Crippen LogP contribution in [0.5, 0.6) is 0 Å². The standard InChI is InChI=1S/C13H27NO/c1-6-11(2)9-7-8-10-14-12(15)13(3,4)5/h11H,6-10H2,1-5H3,(H,14,15). The number of carbonyl (C=O) groups excluding carboxylic acids is 1. The van der Waals surface area contributed by atoms with Gasteiger partial charge in [-0.2, -0.15) is 0 Å². The summed E-state index contributed by atoms with van der Waals surface area (Å²) in [5, 5.41) is 2.98. The maximum absolute atomic E-state index is 11.5. The van der Waals surface area contributed by atoms with Crippen LogP contribution in [0.2, 0.25) is 0 Å². The zero-order valence-corrected chi connectivity index (χ0v) is 11.0. The maximum Gasteiger partial charge on any atom is 0.225 e. The molecule has 0 aliphatic heterocycles. The number of hydrogen-bond donors (Lipinski definition) is 1. The molecule has 0 aliphatic carbocycles. The molecule has 0 aromatic heterocycles. The van der Waals surface area contributed by atoms with Crippen molar-refractivity contribution in [1.82, 2.24) is 5.32 Å². The Balaban J connectivity index is 3.44. The summed E-state index contributed by atoms with van der Waals surface area (Å²) < 4.78 is 0. The number of carbonyl (C=O) groups is 1. The van der Waals surface area contributed by atoms with Gasteiger partial charge < -0.3 is 5.32 Å². The minimum absolute atomic E-state index is 0.158. The Morgan fingerprint density at radius 3 is 2.33 bits per heavy atom. The number of rotatable bonds is 6. The van der Waals surface area contributed by atoms with E-state index in [2.05, 4.69) is 19.2 Å². The molecule has 0 aromatic carbocycles. The van der Waals surface area contributed by atoms with Crippen molar-refractivity contribution < 1.29 is 4.79 Å². The van der Waals surface area contributed by atoms with Crippen LogP contribution in [0.1, 0.15) is 60.3 Å². The molecule has 15 heavy (non-hydrogen) atoms. The van der Waals surface area contributed by atoms with Gasteiger partial charge in [0.2, 0.25) is 5.91 Å². The van der Waals surface area contributed by atoms with Gasteiger partial charge in [-0.1, -0.05) is 53.9 Å². The molecule has 0 fully saturated rings. The average Bonchev–Trinajstić information content (AvgIpc) is 2.15. The molecule has 1 atom stereocenters. The summed E-state index contributed by atoms with van der Waals surface area (Å²) in [5.74, 6) is 0.981. The van der Waals surface area contributed by atoms with Crippen molar-refractivity contribution >= 4 is 5.91 Å². The van der Waals surface area contributed by atoms with E-state index in [1.165, 1.54) is 19.3 Å². The quantitative estimate of drug-likeness (QED) is 0.673. The summed E-state index contributed by atoms with van der Waals surface area (Å²) in [4.78, 5) is 11.5. The van der Waals surface area contributed by atoms with Crippen molar-refractivity contribution in [2.75, 3.05) is 6.54 Å². The lowest BCUT2D eigenvalue weighted by molar-refractivity contribution is -0.128. The molecule has 1 N–H and O–H groups in total. The van der Waals surface area contributed by atoms with E-state index in [0.717, 1.165) is 18.9 Å². The van der Waals surface area contributed by atoms with Crippen molar-refractivity contribution in [2.24, 2.45) is 11.3 Å². The van der Waals surface area contributed by atoms with E-state index in [1.54, 1.807) is 0 Å². The number of amides is 1. The Labute approximate surface area is 94.8 Å². The Morgan fingerprint density at radius 2 is 1.87 bits per heavy atom. The molecule has 1 unspecified atom stereocenters. The number of hydrogen-bond acceptors (Lipinski definition) is 1. The van der Waals surface area contributed by atoms with Crippen LogP contribution in [0.4, 0.5) is 0 Å². The number of nitrogens with one attached hydrogen (secondary N) is 1. The topological polar surface area (TPSA) is 29.1 Å². The van der Waals surface area contributed by atoms with E-state index < -0.39 is 0 Å². The smallest absolute Gasteiger partial charge is 0.225 e. The van der Waals surface area contributed by atoms with Gasteiger partial charge in [-0.05, 0) is 12.3 Å². The number of unbranched alkanes of at least 4 members (excludes halogenated alkanes) is 1. The van der Waals surface area contributed by atoms with Gasteiger partial charge in [-0.3, -0.25) is 4.79 Å². The lowest BCUT2D eigenvalue weighted by Crippen LogP contribution is -2.35. The van der Waals surface area contributed by atoms with Crippen molar-refractivity contribution in [1.29, 1.82) is 0 Å². The second-order valence-corrected chi connectivity index (χ2v) is 5.52. The molecule has 2 nitrogen and oxygen atoms in total. The van der Waals surface area contributed by atoms with Gasteiger partial charge >= 0.3 is 0 Å². The zero-order valence-electron chi connectivity index (χ0n) is 11.0. The van der Waals surface area contributed by atoms with E-state index in [1.807, 2.05) is 20.8 Å². The van der Waals surface area contributed by atoms with Gasteiger partial charge in [0.25, 0.3) is 0 Å². The Kier molecular flexibility index (Phi) is 6.62. The summed E-state index contributed by atoms with van der Waals surface area (Å²) in [6.45, 7) is 11.2. The van der Waals surface area contributed by atoms with E-state index >= 15 is 0 Å². The molecule has 1 amide bonds. The summed E-state index contributed by atoms with van der Waals surface area (Å²) in [6, 6.07) is 0. The second kappa shape index (κ2) is 6.86. The summed E-state index contributed by atoms with van der Waals surface area (Å²) in [7, 11) is 0. The lowest BCUT2D eigenvalue weighted by Gasteiger charge is -2.17. The van der Waals surface area contributed by atoms with E-state index in [4.69, 9.17) is 0 Å². The van der Waals surface area contributed by atoms with E-state index in [-0.39, 0.29) is 11.3 Å². The molecule has 0 aliphatic rings. The molecule has 0 heterocycles. The van der Waals surface area contributed by atoms with Crippen molar-refractivity contribution in [3.05, 3.63) is 0 Å². The summed E-state index contributed by atoms with van der Waals surface area (Å²) in [5.41, 5.74) is -0.253. The van der Waals surface area contributed by atoms with Gasteiger partial charge in [0.15, 0.2) is 0 Å². The highest BCUT2D eigenvalue weighted by atomic mass is 16.2. The molecule has 0 saturated carbocycles. The molecule has 0 bridgehead atoms. The normalized spacial score (nSPS) is 13.7. The van der Waals surface area contributed by atoms with Crippen molar-refractivity contribution in [3.8, 4) is 0 Å². The molecule has 2 heteroatoms. The molecule has 0 spiro atoms. The van der Waals surface area contributed by atoms with E-state index in [9.17, 15) is 4.79 Å². The first-order valence-electron chi connectivity index (χ1n) is 6.16. The minimum atomic E-state index is -0.253. The third-order valence-corrected chi connectivity index (χ3v) is 2.79. The van der Waals surface area contributed by atoms with Gasteiger partial charge in [-0.25, -0.2) is 0 Å². The fourth-order valence-corrected chi connectivity index (χ4v) is 1.29. The fourth-order valence-electron chi connectivity index (χ4n) is 1.29. The van der Waals surface area contributed by atoms with Crippen LogP contribution in [-0.2, 0) is 4.79 Å². The summed E-state index contributed by atoms with van der Waals surface area (Å²) >= 11 is 0. The van der Waals surface area contributed by atoms with Crippen LogP contribution >= 0.6 is 0 Å². The first-order chi connectivity index (χ1) is 6.88. The van der Waals surface area contributed by atoms with Crippen LogP contribution < -0.4 is 5.32 Å². The third kappa shape index (κ3) is 7.40. The van der Waals surface area contributed by atoms with Crippen molar-refractivity contribution in [2.45, 2.75) is 60.3 Å². The fraction of sp³-hybridized carbons (Fsp3) is 0.923. The Hall–Kier alpha value is -0.530. The third-order valence-electron chi connectivity index (χ3n) is 2.79. The van der Waals surface area contributed by atoms with Gasteiger partial charge in [-0.15, -0.1) is 0 Å². The predicted octanol–water partition coefficient (Wildman–Crippen LogP) is 3.37. The SMILES string of the molecule is CCC(C)CCCCNC(=O)C(C)(C)C. The zero-order chi connectivity index (χ0) is 11.9. The van der Waals surface area contributed by atoms with Gasteiger partial charge in [0.1, 0.15) is 0 Å². The Morgan fingerprint density at radius 1 is 1.27 bits per heavy atom. The van der Waals surface area contributed by atoms with Crippen LogP contribution in [0, 0.1) is 11.3 Å². The highest BCUT2D eigenvalue weighted by Gasteiger charge is 2.19. The first-order valence-corrected chi connectivity index (χ1v) is 6.16. The largest absolute Gasteiger partial charge is 0.356 e. The van der Waals surface area contributed by atoms with Gasteiger partial charge in [0, 0.05) is 12.0 Å². The summed E-state index contributed by atoms with van der Waals surface area (Å²) in [6.07, 6.45) is 4.86. The second-order valence-electron chi connectivity index (χ2n) is 5.52. The van der Waals surface area contributed by atoms with Crippen LogP contribution in [0.25, 0.3) is 0 Å². The van der Waals surface area contributed by atoms with Crippen LogP contribution in [0.3, 0.4) is 0 Å². The van der Waals surface area contributed by atoms with Gasteiger partial charge in [0.05, 0.1) is 0 Å². The molecule has 90 valence electrons. The highest BCUT2D eigenvalue weighted by Crippen LogP contribution is 2.13. The van der Waals surface area contributed by atoms with Crippen LogP contribution in [0.15, 0.2) is 0 Å². The molecule has 0 aromatic rings. The molecular weight excluding hydrogens is 186 g/mol. The average molecular weight is 213 g/mol.